The minimum atomic E-state index is -0.104. The van der Waals surface area contributed by atoms with Crippen molar-refractivity contribution in [1.29, 1.82) is 0 Å². The van der Waals surface area contributed by atoms with Gasteiger partial charge in [-0.2, -0.15) is 0 Å². The lowest BCUT2D eigenvalue weighted by Gasteiger charge is -2.26. The Labute approximate surface area is 120 Å². The van der Waals surface area contributed by atoms with Gasteiger partial charge in [-0.3, -0.25) is 9.69 Å². The predicted molar refractivity (Wildman–Crippen MR) is 78.7 cm³/mol. The van der Waals surface area contributed by atoms with Crippen molar-refractivity contribution >= 4 is 11.7 Å². The normalized spacial score (nSPS) is 20.6. The van der Waals surface area contributed by atoms with Crippen LogP contribution in [-0.4, -0.2) is 34.6 Å². The molecule has 0 aliphatic carbocycles. The van der Waals surface area contributed by atoms with Crippen LogP contribution in [0.15, 0.2) is 10.6 Å². The molecule has 1 fully saturated rings. The number of anilines is 1. The summed E-state index contributed by atoms with van der Waals surface area (Å²) < 4.78 is 5.29. The van der Waals surface area contributed by atoms with E-state index in [2.05, 4.69) is 50.0 Å². The molecule has 2 rings (SSSR count). The Bertz CT molecular complexity index is 474. The van der Waals surface area contributed by atoms with Crippen LogP contribution < -0.4 is 5.32 Å². The smallest absolute Gasteiger partial charge is 0.242 e. The SMILES string of the molecule is CC(C)N1CCC[C@H]1C(=O)Nc1cc(C(C)(C)C)on1. The van der Waals surface area contributed by atoms with Crippen LogP contribution in [0.25, 0.3) is 0 Å². The van der Waals surface area contributed by atoms with E-state index in [4.69, 9.17) is 4.52 Å². The van der Waals surface area contributed by atoms with Gasteiger partial charge in [0.1, 0.15) is 5.76 Å². The predicted octanol–water partition coefficient (Wildman–Crippen LogP) is 2.78. The van der Waals surface area contributed by atoms with Gasteiger partial charge in [0.05, 0.1) is 6.04 Å². The number of aromatic nitrogens is 1. The fourth-order valence-corrected chi connectivity index (χ4v) is 2.59. The molecule has 112 valence electrons. The number of likely N-dealkylation sites (tertiary alicyclic amines) is 1. The Kier molecular flexibility index (Phi) is 4.18. The van der Waals surface area contributed by atoms with E-state index in [0.29, 0.717) is 11.9 Å². The Hall–Kier alpha value is -1.36. The largest absolute Gasteiger partial charge is 0.359 e. The second kappa shape index (κ2) is 5.56. The van der Waals surface area contributed by atoms with Gasteiger partial charge in [0.25, 0.3) is 0 Å². The topological polar surface area (TPSA) is 58.4 Å². The third-order valence-corrected chi connectivity index (χ3v) is 3.76. The Morgan fingerprint density at radius 3 is 2.75 bits per heavy atom. The number of carbonyl (C=O) groups is 1. The lowest BCUT2D eigenvalue weighted by atomic mass is 9.93. The first kappa shape index (κ1) is 15.0. The van der Waals surface area contributed by atoms with Gasteiger partial charge < -0.3 is 9.84 Å². The summed E-state index contributed by atoms with van der Waals surface area (Å²) in [6, 6.07) is 2.15. The molecule has 1 N–H and O–H groups in total. The van der Waals surface area contributed by atoms with Crippen molar-refractivity contribution in [2.24, 2.45) is 0 Å². The summed E-state index contributed by atoms with van der Waals surface area (Å²) in [4.78, 5) is 14.6. The number of nitrogens with zero attached hydrogens (tertiary/aromatic N) is 2. The molecule has 0 aromatic carbocycles. The van der Waals surface area contributed by atoms with E-state index in [0.717, 1.165) is 25.1 Å². The number of hydrogen-bond acceptors (Lipinski definition) is 4. The number of hydrogen-bond donors (Lipinski definition) is 1. The molecule has 2 heterocycles. The summed E-state index contributed by atoms with van der Waals surface area (Å²) in [5.41, 5.74) is -0.104. The van der Waals surface area contributed by atoms with Crippen molar-refractivity contribution in [1.82, 2.24) is 10.1 Å². The van der Waals surface area contributed by atoms with Gasteiger partial charge in [0.2, 0.25) is 5.91 Å². The summed E-state index contributed by atoms with van der Waals surface area (Å²) in [5.74, 6) is 1.31. The highest BCUT2D eigenvalue weighted by Gasteiger charge is 2.32. The first-order chi connectivity index (χ1) is 9.29. The number of amides is 1. The molecule has 0 bridgehead atoms. The average Bonchev–Trinajstić information content (AvgIpc) is 2.95. The molecule has 1 saturated heterocycles. The highest BCUT2D eigenvalue weighted by molar-refractivity contribution is 5.94. The molecule has 20 heavy (non-hydrogen) atoms. The van der Waals surface area contributed by atoms with E-state index in [-0.39, 0.29) is 17.4 Å². The quantitative estimate of drug-likeness (QED) is 0.924. The maximum Gasteiger partial charge on any atom is 0.242 e. The van der Waals surface area contributed by atoms with Crippen LogP contribution in [0.4, 0.5) is 5.82 Å². The van der Waals surface area contributed by atoms with E-state index in [1.165, 1.54) is 0 Å². The summed E-state index contributed by atoms with van der Waals surface area (Å²) in [5, 5.41) is 6.81. The van der Waals surface area contributed by atoms with Gasteiger partial charge >= 0.3 is 0 Å². The van der Waals surface area contributed by atoms with Crippen molar-refractivity contribution in [3.05, 3.63) is 11.8 Å². The van der Waals surface area contributed by atoms with Crippen molar-refractivity contribution in [3.8, 4) is 0 Å². The van der Waals surface area contributed by atoms with Crippen LogP contribution in [0, 0.1) is 0 Å². The standard InChI is InChI=1S/C15H25N3O2/c1-10(2)18-8-6-7-11(18)14(19)16-13-9-12(20-17-13)15(3,4)5/h9-11H,6-8H2,1-5H3,(H,16,17,19)/t11-/m0/s1. The first-order valence-electron chi connectivity index (χ1n) is 7.33. The molecule has 1 amide bonds. The molecular weight excluding hydrogens is 254 g/mol. The summed E-state index contributed by atoms with van der Waals surface area (Å²) in [6.45, 7) is 11.4. The second-order valence-electron chi connectivity index (χ2n) is 6.81. The van der Waals surface area contributed by atoms with Crippen molar-refractivity contribution in [2.45, 2.75) is 65.0 Å². The molecule has 1 aliphatic rings. The zero-order valence-electron chi connectivity index (χ0n) is 13.1. The lowest BCUT2D eigenvalue weighted by Crippen LogP contribution is -2.43. The molecule has 1 aromatic rings. The van der Waals surface area contributed by atoms with Crippen molar-refractivity contribution in [2.75, 3.05) is 11.9 Å². The zero-order chi connectivity index (χ0) is 14.9. The highest BCUT2D eigenvalue weighted by atomic mass is 16.5. The van der Waals surface area contributed by atoms with E-state index in [1.54, 1.807) is 0 Å². The van der Waals surface area contributed by atoms with E-state index in [9.17, 15) is 4.79 Å². The monoisotopic (exact) mass is 279 g/mol. The van der Waals surface area contributed by atoms with E-state index >= 15 is 0 Å². The van der Waals surface area contributed by atoms with Gasteiger partial charge in [-0.05, 0) is 33.2 Å². The minimum Gasteiger partial charge on any atom is -0.359 e. The van der Waals surface area contributed by atoms with Crippen LogP contribution in [0.3, 0.4) is 0 Å². The molecular formula is C15H25N3O2. The number of nitrogens with one attached hydrogen (secondary N) is 1. The van der Waals surface area contributed by atoms with Gasteiger partial charge in [-0.1, -0.05) is 25.9 Å². The fourth-order valence-electron chi connectivity index (χ4n) is 2.59. The van der Waals surface area contributed by atoms with Gasteiger partial charge in [0.15, 0.2) is 5.82 Å². The van der Waals surface area contributed by atoms with Crippen LogP contribution in [0.5, 0.6) is 0 Å². The highest BCUT2D eigenvalue weighted by Crippen LogP contribution is 2.25. The summed E-state index contributed by atoms with van der Waals surface area (Å²) in [7, 11) is 0. The molecule has 0 spiro atoms. The molecule has 1 aliphatic heterocycles. The molecule has 5 nitrogen and oxygen atoms in total. The maximum absolute atomic E-state index is 12.4. The van der Waals surface area contributed by atoms with Gasteiger partial charge in [0, 0.05) is 17.5 Å². The Morgan fingerprint density at radius 1 is 1.50 bits per heavy atom. The van der Waals surface area contributed by atoms with Crippen LogP contribution in [0.2, 0.25) is 0 Å². The maximum atomic E-state index is 12.4. The van der Waals surface area contributed by atoms with Crippen LogP contribution in [0.1, 0.15) is 53.2 Å². The van der Waals surface area contributed by atoms with Crippen molar-refractivity contribution in [3.63, 3.8) is 0 Å². The lowest BCUT2D eigenvalue weighted by molar-refractivity contribution is -0.120. The molecule has 5 heteroatoms. The molecule has 0 saturated carbocycles. The average molecular weight is 279 g/mol. The third-order valence-electron chi connectivity index (χ3n) is 3.76. The molecule has 1 aromatic heterocycles. The minimum absolute atomic E-state index is 0.0185. The number of rotatable bonds is 3. The second-order valence-corrected chi connectivity index (χ2v) is 6.81. The van der Waals surface area contributed by atoms with Crippen LogP contribution >= 0.6 is 0 Å². The third kappa shape index (κ3) is 3.20. The molecule has 0 unspecified atom stereocenters. The number of carbonyl (C=O) groups excluding carboxylic acids is 1. The van der Waals surface area contributed by atoms with Crippen LogP contribution in [-0.2, 0) is 10.2 Å². The van der Waals surface area contributed by atoms with Crippen molar-refractivity contribution < 1.29 is 9.32 Å². The Balaban J connectivity index is 2.03. The molecule has 0 radical (unpaired) electrons. The Morgan fingerprint density at radius 2 is 2.20 bits per heavy atom. The van der Waals surface area contributed by atoms with Gasteiger partial charge in [-0.15, -0.1) is 0 Å². The molecule has 1 atom stereocenters. The van der Waals surface area contributed by atoms with Gasteiger partial charge in [-0.25, -0.2) is 0 Å². The zero-order valence-corrected chi connectivity index (χ0v) is 13.1. The van der Waals surface area contributed by atoms with E-state index in [1.807, 2.05) is 6.07 Å². The summed E-state index contributed by atoms with van der Waals surface area (Å²) in [6.07, 6.45) is 1.98. The first-order valence-corrected chi connectivity index (χ1v) is 7.33. The summed E-state index contributed by atoms with van der Waals surface area (Å²) >= 11 is 0. The van der Waals surface area contributed by atoms with E-state index < -0.39 is 0 Å². The fraction of sp³-hybridized carbons (Fsp3) is 0.733.